The normalized spacial score (nSPS) is 19.7. The number of carboxylic acids is 1. The fourth-order valence-corrected chi connectivity index (χ4v) is 3.26. The predicted molar refractivity (Wildman–Crippen MR) is 88.8 cm³/mol. The topological polar surface area (TPSA) is 124 Å². The monoisotopic (exact) mass is 360 g/mol. The molecule has 2 heterocycles. The molecule has 3 amide bonds. The van der Waals surface area contributed by atoms with Gasteiger partial charge >= 0.3 is 11.9 Å². The highest BCUT2D eigenvalue weighted by Gasteiger charge is 2.50. The van der Waals surface area contributed by atoms with Crippen molar-refractivity contribution in [3.63, 3.8) is 0 Å². The molecule has 1 unspecified atom stereocenters. The Morgan fingerprint density at radius 1 is 1.27 bits per heavy atom. The standard InChI is InChI=1S/C17H17N3O6/c21-13(22)7-2-8-18-11-5-1-4-10-14(11)17(25)20(15(10)23)12-6-3-9-19(26)16(12)24/h1,4-5,12H,2-3,6-9H2,(H-,18,21,22,25)/p+1. The number of hydrogen-bond donors (Lipinski definition) is 2. The van der Waals surface area contributed by atoms with Crippen molar-refractivity contribution < 1.29 is 29.0 Å². The molecule has 26 heavy (non-hydrogen) atoms. The van der Waals surface area contributed by atoms with Crippen LogP contribution in [0, 0.1) is 4.91 Å². The molecule has 1 aromatic rings. The molecule has 2 aliphatic rings. The SMILES string of the molecule is O=C(O)CCCNc1cccc2c1C(=O)N(C1CCC[N+](=O)C1=O)C2=O. The van der Waals surface area contributed by atoms with Crippen LogP contribution in [0.2, 0.25) is 0 Å². The van der Waals surface area contributed by atoms with Gasteiger partial charge in [-0.25, -0.2) is 4.79 Å². The average molecular weight is 360 g/mol. The van der Waals surface area contributed by atoms with Crippen molar-refractivity contribution in [2.24, 2.45) is 0 Å². The molecule has 1 aromatic carbocycles. The second-order valence-corrected chi connectivity index (χ2v) is 6.23. The molecule has 136 valence electrons. The molecule has 2 N–H and O–H groups in total. The number of carbonyl (C=O) groups is 4. The molecule has 0 saturated carbocycles. The molecule has 3 rings (SSSR count). The Kier molecular flexibility index (Phi) is 4.79. The van der Waals surface area contributed by atoms with Crippen molar-refractivity contribution in [3.8, 4) is 0 Å². The van der Waals surface area contributed by atoms with Crippen LogP contribution in [0.3, 0.4) is 0 Å². The third-order valence-electron chi connectivity index (χ3n) is 4.51. The van der Waals surface area contributed by atoms with Gasteiger partial charge in [0, 0.05) is 30.0 Å². The summed E-state index contributed by atoms with van der Waals surface area (Å²) in [5.41, 5.74) is 0.744. The number of amides is 3. The Hall–Kier alpha value is -3.10. The minimum absolute atomic E-state index is 0.0169. The molecule has 0 spiro atoms. The number of aliphatic carboxylic acids is 1. The lowest BCUT2D eigenvalue weighted by atomic mass is 10.1. The van der Waals surface area contributed by atoms with E-state index in [1.807, 2.05) is 0 Å². The first kappa shape index (κ1) is 17.7. The van der Waals surface area contributed by atoms with Gasteiger partial charge in [-0.05, 0) is 25.0 Å². The van der Waals surface area contributed by atoms with Crippen molar-refractivity contribution in [1.82, 2.24) is 4.90 Å². The van der Waals surface area contributed by atoms with E-state index in [-0.39, 0.29) is 30.5 Å². The van der Waals surface area contributed by atoms with E-state index >= 15 is 0 Å². The van der Waals surface area contributed by atoms with Crippen LogP contribution in [-0.4, -0.2) is 57.6 Å². The smallest absolute Gasteiger partial charge is 0.455 e. The summed E-state index contributed by atoms with van der Waals surface area (Å²) in [4.78, 5) is 60.6. The molecular weight excluding hydrogens is 342 g/mol. The molecule has 0 aliphatic carbocycles. The fourth-order valence-electron chi connectivity index (χ4n) is 3.26. The Bertz CT molecular complexity index is 819. The lowest BCUT2D eigenvalue weighted by Crippen LogP contribution is -2.50. The van der Waals surface area contributed by atoms with E-state index in [2.05, 4.69) is 5.32 Å². The zero-order valence-electron chi connectivity index (χ0n) is 13.9. The first-order valence-corrected chi connectivity index (χ1v) is 8.37. The van der Waals surface area contributed by atoms with Gasteiger partial charge in [0.15, 0.2) is 6.04 Å². The maximum absolute atomic E-state index is 12.8. The zero-order valence-corrected chi connectivity index (χ0v) is 13.9. The van der Waals surface area contributed by atoms with Crippen LogP contribution >= 0.6 is 0 Å². The highest BCUT2D eigenvalue weighted by Crippen LogP contribution is 2.32. The first-order chi connectivity index (χ1) is 12.4. The summed E-state index contributed by atoms with van der Waals surface area (Å²) in [6.07, 6.45) is 1.03. The van der Waals surface area contributed by atoms with Crippen molar-refractivity contribution >= 4 is 29.4 Å². The first-order valence-electron chi connectivity index (χ1n) is 8.37. The molecule has 1 saturated heterocycles. The molecule has 0 radical (unpaired) electrons. The lowest BCUT2D eigenvalue weighted by molar-refractivity contribution is -0.479. The second kappa shape index (κ2) is 7.03. The molecular formula is C17H18N3O6+. The Morgan fingerprint density at radius 2 is 2.04 bits per heavy atom. The summed E-state index contributed by atoms with van der Waals surface area (Å²) in [7, 11) is 0. The number of hydrogen-bond acceptors (Lipinski definition) is 6. The molecule has 9 nitrogen and oxygen atoms in total. The lowest BCUT2D eigenvalue weighted by Gasteiger charge is -2.22. The summed E-state index contributed by atoms with van der Waals surface area (Å²) >= 11 is 0. The number of anilines is 1. The summed E-state index contributed by atoms with van der Waals surface area (Å²) < 4.78 is 0.294. The van der Waals surface area contributed by atoms with Gasteiger partial charge in [-0.1, -0.05) is 6.07 Å². The van der Waals surface area contributed by atoms with E-state index in [9.17, 15) is 24.1 Å². The number of benzene rings is 1. The van der Waals surface area contributed by atoms with Crippen molar-refractivity contribution in [2.75, 3.05) is 18.4 Å². The van der Waals surface area contributed by atoms with Gasteiger partial charge in [-0.2, -0.15) is 0 Å². The summed E-state index contributed by atoms with van der Waals surface area (Å²) in [6.45, 7) is 0.385. The van der Waals surface area contributed by atoms with Gasteiger partial charge in [-0.15, -0.1) is 0 Å². The van der Waals surface area contributed by atoms with Crippen LogP contribution < -0.4 is 5.32 Å². The van der Waals surface area contributed by atoms with Crippen molar-refractivity contribution in [1.29, 1.82) is 0 Å². The van der Waals surface area contributed by atoms with Crippen LogP contribution in [0.5, 0.6) is 0 Å². The van der Waals surface area contributed by atoms with E-state index in [0.29, 0.717) is 29.8 Å². The van der Waals surface area contributed by atoms with Gasteiger partial charge in [0.1, 0.15) is 0 Å². The minimum Gasteiger partial charge on any atom is -0.481 e. The fraction of sp³-hybridized carbons (Fsp3) is 0.412. The molecule has 9 heteroatoms. The second-order valence-electron chi connectivity index (χ2n) is 6.23. The van der Waals surface area contributed by atoms with Crippen LogP contribution in [0.1, 0.15) is 46.4 Å². The number of nitroso groups, excluding NO2 is 1. The predicted octanol–water partition coefficient (Wildman–Crippen LogP) is 1.03. The van der Waals surface area contributed by atoms with Crippen molar-refractivity contribution in [2.45, 2.75) is 31.7 Å². The van der Waals surface area contributed by atoms with Gasteiger partial charge in [0.25, 0.3) is 11.8 Å². The Labute approximate surface area is 148 Å². The summed E-state index contributed by atoms with van der Waals surface area (Å²) in [5, 5.41) is 11.6. The number of rotatable bonds is 6. The maximum atomic E-state index is 12.8. The number of piperidine rings is 1. The minimum atomic E-state index is -1.08. The van der Waals surface area contributed by atoms with Crippen LogP contribution in [-0.2, 0) is 9.59 Å². The average Bonchev–Trinajstić information content (AvgIpc) is 2.86. The molecule has 1 fully saturated rings. The molecule has 2 aliphatic heterocycles. The summed E-state index contributed by atoms with van der Waals surface area (Å²) in [6, 6.07) is 3.65. The highest BCUT2D eigenvalue weighted by atomic mass is 16.4. The highest BCUT2D eigenvalue weighted by molar-refractivity contribution is 6.24. The third kappa shape index (κ3) is 3.07. The number of fused-ring (bicyclic) bond motifs is 1. The number of carboxylic acid groups (broad SMARTS) is 1. The molecule has 0 aromatic heterocycles. The summed E-state index contributed by atoms with van der Waals surface area (Å²) in [5.74, 6) is -2.89. The molecule has 1 atom stereocenters. The van der Waals surface area contributed by atoms with E-state index < -0.39 is 29.7 Å². The van der Waals surface area contributed by atoms with Gasteiger partial charge in [0.05, 0.1) is 15.9 Å². The van der Waals surface area contributed by atoms with Gasteiger partial charge in [-0.3, -0.25) is 19.3 Å². The largest absolute Gasteiger partial charge is 0.481 e. The van der Waals surface area contributed by atoms with E-state index in [0.717, 1.165) is 4.90 Å². The van der Waals surface area contributed by atoms with Crippen LogP contribution in [0.15, 0.2) is 18.2 Å². The van der Waals surface area contributed by atoms with Crippen LogP contribution in [0.4, 0.5) is 5.69 Å². The maximum Gasteiger partial charge on any atom is 0.455 e. The van der Waals surface area contributed by atoms with E-state index in [1.165, 1.54) is 6.07 Å². The Balaban J connectivity index is 1.83. The zero-order chi connectivity index (χ0) is 18.8. The number of imide groups is 1. The number of carbonyl (C=O) groups excluding carboxylic acids is 3. The quantitative estimate of drug-likeness (QED) is 0.441. The number of nitrogens with one attached hydrogen (secondary N) is 1. The Morgan fingerprint density at radius 3 is 2.77 bits per heavy atom. The van der Waals surface area contributed by atoms with E-state index in [1.54, 1.807) is 12.1 Å². The van der Waals surface area contributed by atoms with Gasteiger partial charge < -0.3 is 10.4 Å². The molecule has 0 bridgehead atoms. The van der Waals surface area contributed by atoms with Crippen molar-refractivity contribution in [3.05, 3.63) is 34.2 Å². The van der Waals surface area contributed by atoms with Crippen LogP contribution in [0.25, 0.3) is 0 Å². The van der Waals surface area contributed by atoms with Gasteiger partial charge in [0.2, 0.25) is 6.54 Å². The number of nitrogens with zero attached hydrogens (tertiary/aromatic N) is 2. The van der Waals surface area contributed by atoms with E-state index in [4.69, 9.17) is 5.11 Å². The third-order valence-corrected chi connectivity index (χ3v) is 4.51.